The van der Waals surface area contributed by atoms with Crippen LogP contribution < -0.4 is 10.6 Å². The van der Waals surface area contributed by atoms with E-state index in [4.69, 9.17) is 0 Å². The van der Waals surface area contributed by atoms with E-state index >= 15 is 0 Å². The predicted octanol–water partition coefficient (Wildman–Crippen LogP) is 3.81. The number of para-hydroxylation sites is 1. The fourth-order valence-corrected chi connectivity index (χ4v) is 5.20. The highest BCUT2D eigenvalue weighted by atomic mass is 32.2. The van der Waals surface area contributed by atoms with E-state index in [9.17, 15) is 18.0 Å². The molecule has 2 aromatic carbocycles. The third-order valence-electron chi connectivity index (χ3n) is 5.67. The summed E-state index contributed by atoms with van der Waals surface area (Å²) >= 11 is 0. The lowest BCUT2D eigenvalue weighted by atomic mass is 10.0. The lowest BCUT2D eigenvalue weighted by Gasteiger charge is -2.29. The van der Waals surface area contributed by atoms with Crippen molar-refractivity contribution in [1.82, 2.24) is 9.62 Å². The second kappa shape index (κ2) is 9.83. The highest BCUT2D eigenvalue weighted by Crippen LogP contribution is 2.25. The molecule has 1 fully saturated rings. The fourth-order valence-electron chi connectivity index (χ4n) is 3.70. The lowest BCUT2D eigenvalue weighted by molar-refractivity contribution is 0.0944. The minimum absolute atomic E-state index is 0.0480. The molecule has 2 aromatic rings. The van der Waals surface area contributed by atoms with Gasteiger partial charge in [0.2, 0.25) is 10.0 Å². The fraction of sp³-hybridized carbons (Fsp3) is 0.417. The van der Waals surface area contributed by atoms with Crippen LogP contribution in [0.15, 0.2) is 47.4 Å². The molecule has 0 radical (unpaired) electrons. The smallest absolute Gasteiger partial charge is 0.255 e. The second-order valence-electron chi connectivity index (χ2n) is 8.69. The average molecular weight is 458 g/mol. The minimum atomic E-state index is -3.68. The average Bonchev–Trinajstić information content (AvgIpc) is 2.74. The van der Waals surface area contributed by atoms with Crippen molar-refractivity contribution in [2.75, 3.05) is 18.4 Å². The Hall–Kier alpha value is -2.71. The number of piperidine rings is 1. The van der Waals surface area contributed by atoms with Crippen LogP contribution in [-0.2, 0) is 10.0 Å². The molecule has 0 aliphatic carbocycles. The van der Waals surface area contributed by atoms with E-state index in [0.29, 0.717) is 35.8 Å². The first-order chi connectivity index (χ1) is 15.1. The van der Waals surface area contributed by atoms with E-state index in [1.54, 1.807) is 43.3 Å². The number of carbonyl (C=O) groups is 2. The van der Waals surface area contributed by atoms with Gasteiger partial charge in [-0.1, -0.05) is 25.1 Å². The molecule has 0 aromatic heterocycles. The summed E-state index contributed by atoms with van der Waals surface area (Å²) in [5.74, 6) is -0.242. The maximum absolute atomic E-state index is 13.1. The van der Waals surface area contributed by atoms with Crippen molar-refractivity contribution < 1.29 is 18.0 Å². The zero-order valence-electron chi connectivity index (χ0n) is 19.0. The van der Waals surface area contributed by atoms with Gasteiger partial charge in [-0.05, 0) is 69.4 Å². The van der Waals surface area contributed by atoms with Crippen molar-refractivity contribution in [2.45, 2.75) is 51.5 Å². The van der Waals surface area contributed by atoms with E-state index in [1.165, 1.54) is 10.4 Å². The van der Waals surface area contributed by atoms with Crippen LogP contribution in [0.5, 0.6) is 0 Å². The van der Waals surface area contributed by atoms with Gasteiger partial charge in [-0.25, -0.2) is 8.42 Å². The highest BCUT2D eigenvalue weighted by Gasteiger charge is 2.29. The molecule has 7 nitrogen and oxygen atoms in total. The largest absolute Gasteiger partial charge is 0.350 e. The van der Waals surface area contributed by atoms with Crippen LogP contribution in [0.1, 0.15) is 59.9 Å². The molecule has 172 valence electrons. The van der Waals surface area contributed by atoms with Gasteiger partial charge in [0.15, 0.2) is 0 Å². The highest BCUT2D eigenvalue weighted by molar-refractivity contribution is 7.89. The molecule has 8 heteroatoms. The molecule has 0 spiro atoms. The number of carbonyl (C=O) groups excluding carboxylic acids is 2. The quantitative estimate of drug-likeness (QED) is 0.690. The summed E-state index contributed by atoms with van der Waals surface area (Å²) in [6, 6.07) is 11.3. The topological polar surface area (TPSA) is 95.6 Å². The Bertz CT molecular complexity index is 1100. The third kappa shape index (κ3) is 5.37. The van der Waals surface area contributed by atoms with Gasteiger partial charge in [0.1, 0.15) is 0 Å². The number of nitrogens with zero attached hydrogens (tertiary/aromatic N) is 1. The third-order valence-corrected chi connectivity index (χ3v) is 7.57. The standard InChI is InChI=1S/C24H31N3O4S/c1-16(2)25-23(28)20-7-5-6-8-22(20)26-24(29)21-15-19(10-9-18(21)4)32(30,31)27-13-11-17(3)12-14-27/h5-10,15-17H,11-14H2,1-4H3,(H,25,28)(H,26,29). The van der Waals surface area contributed by atoms with Gasteiger partial charge in [-0.3, -0.25) is 9.59 Å². The molecule has 1 aliphatic heterocycles. The van der Waals surface area contributed by atoms with Gasteiger partial charge in [0, 0.05) is 24.7 Å². The van der Waals surface area contributed by atoms with Crippen molar-refractivity contribution >= 4 is 27.5 Å². The number of aryl methyl sites for hydroxylation is 1. The van der Waals surface area contributed by atoms with Crippen LogP contribution in [0.2, 0.25) is 0 Å². The van der Waals surface area contributed by atoms with Crippen LogP contribution in [-0.4, -0.2) is 43.7 Å². The summed E-state index contributed by atoms with van der Waals surface area (Å²) in [5.41, 5.74) is 1.63. The summed E-state index contributed by atoms with van der Waals surface area (Å²) in [6.45, 7) is 8.56. The van der Waals surface area contributed by atoms with Crippen molar-refractivity contribution in [3.63, 3.8) is 0 Å². The summed E-state index contributed by atoms with van der Waals surface area (Å²) in [5, 5.41) is 5.59. The molecule has 1 heterocycles. The lowest BCUT2D eigenvalue weighted by Crippen LogP contribution is -2.38. The van der Waals surface area contributed by atoms with Crippen molar-refractivity contribution in [2.24, 2.45) is 5.92 Å². The molecule has 1 aliphatic rings. The Morgan fingerprint density at radius 3 is 2.31 bits per heavy atom. The monoisotopic (exact) mass is 457 g/mol. The van der Waals surface area contributed by atoms with E-state index in [2.05, 4.69) is 17.6 Å². The van der Waals surface area contributed by atoms with E-state index in [1.807, 2.05) is 13.8 Å². The van der Waals surface area contributed by atoms with E-state index < -0.39 is 15.9 Å². The van der Waals surface area contributed by atoms with Gasteiger partial charge in [0.25, 0.3) is 11.8 Å². The maximum atomic E-state index is 13.1. The predicted molar refractivity (Wildman–Crippen MR) is 125 cm³/mol. The molecular formula is C24H31N3O4S. The Morgan fingerprint density at radius 2 is 1.66 bits per heavy atom. The van der Waals surface area contributed by atoms with Gasteiger partial charge in [-0.2, -0.15) is 4.31 Å². The summed E-state index contributed by atoms with van der Waals surface area (Å²) in [6.07, 6.45) is 1.65. The van der Waals surface area contributed by atoms with Crippen molar-refractivity contribution in [3.05, 3.63) is 59.2 Å². The summed E-state index contributed by atoms with van der Waals surface area (Å²) in [7, 11) is -3.68. The first-order valence-corrected chi connectivity index (χ1v) is 12.4. The Balaban J connectivity index is 1.87. The van der Waals surface area contributed by atoms with Gasteiger partial charge in [-0.15, -0.1) is 0 Å². The number of anilines is 1. The van der Waals surface area contributed by atoms with Crippen molar-refractivity contribution in [1.29, 1.82) is 0 Å². The summed E-state index contributed by atoms with van der Waals surface area (Å²) < 4.78 is 27.7. The second-order valence-corrected chi connectivity index (χ2v) is 10.6. The Kier molecular flexibility index (Phi) is 7.36. The van der Waals surface area contributed by atoms with Gasteiger partial charge < -0.3 is 10.6 Å². The molecule has 2 amide bonds. The molecule has 0 bridgehead atoms. The molecular weight excluding hydrogens is 426 g/mol. The number of rotatable bonds is 6. The van der Waals surface area contributed by atoms with Gasteiger partial charge in [0.05, 0.1) is 16.1 Å². The van der Waals surface area contributed by atoms with Crippen LogP contribution >= 0.6 is 0 Å². The Labute approximate surface area is 190 Å². The molecule has 3 rings (SSSR count). The number of amides is 2. The zero-order valence-corrected chi connectivity index (χ0v) is 19.8. The van der Waals surface area contributed by atoms with Crippen molar-refractivity contribution in [3.8, 4) is 0 Å². The van der Waals surface area contributed by atoms with Crippen LogP contribution in [0.4, 0.5) is 5.69 Å². The van der Waals surface area contributed by atoms with Crippen LogP contribution in [0, 0.1) is 12.8 Å². The molecule has 0 atom stereocenters. The zero-order chi connectivity index (χ0) is 23.5. The number of sulfonamides is 1. The molecule has 1 saturated heterocycles. The first kappa shape index (κ1) is 23.9. The van der Waals surface area contributed by atoms with Crippen LogP contribution in [0.25, 0.3) is 0 Å². The number of benzene rings is 2. The van der Waals surface area contributed by atoms with E-state index in [0.717, 1.165) is 12.8 Å². The SMILES string of the molecule is Cc1ccc(S(=O)(=O)N2CCC(C)CC2)cc1C(=O)Nc1ccccc1C(=O)NC(C)C. The summed E-state index contributed by atoms with van der Waals surface area (Å²) in [4.78, 5) is 25.7. The molecule has 0 saturated carbocycles. The minimum Gasteiger partial charge on any atom is -0.350 e. The molecule has 32 heavy (non-hydrogen) atoms. The maximum Gasteiger partial charge on any atom is 0.255 e. The number of hydrogen-bond acceptors (Lipinski definition) is 4. The van der Waals surface area contributed by atoms with Gasteiger partial charge >= 0.3 is 0 Å². The molecule has 2 N–H and O–H groups in total. The van der Waals surface area contributed by atoms with Crippen LogP contribution in [0.3, 0.4) is 0 Å². The molecule has 0 unspecified atom stereocenters. The number of nitrogens with one attached hydrogen (secondary N) is 2. The number of hydrogen-bond donors (Lipinski definition) is 2. The first-order valence-electron chi connectivity index (χ1n) is 10.9. The Morgan fingerprint density at radius 1 is 1.00 bits per heavy atom. The normalized spacial score (nSPS) is 15.5. The van der Waals surface area contributed by atoms with E-state index in [-0.39, 0.29) is 22.4 Å².